The van der Waals surface area contributed by atoms with Crippen LogP contribution in [-0.2, 0) is 16.7 Å². The fourth-order valence-electron chi connectivity index (χ4n) is 5.99. The van der Waals surface area contributed by atoms with Crippen molar-refractivity contribution in [2.45, 2.75) is 65.8 Å². The minimum atomic E-state index is -0.0707. The van der Waals surface area contributed by atoms with E-state index in [-0.39, 0.29) is 51.9 Å². The first-order valence-electron chi connectivity index (χ1n) is 12.6. The molecule has 0 aromatic heterocycles. The molecule has 3 aromatic carbocycles. The first kappa shape index (κ1) is 29.7. The summed E-state index contributed by atoms with van der Waals surface area (Å²) in [5.74, 6) is 1.02. The molecule has 2 aliphatic heterocycles. The molecule has 0 radical (unpaired) electrons. The monoisotopic (exact) mass is 625 g/mol. The molecule has 0 unspecified atom stereocenters. The molecule has 199 valence electrons. The van der Waals surface area contributed by atoms with E-state index < -0.39 is 0 Å². The summed E-state index contributed by atoms with van der Waals surface area (Å²) in [6.45, 7) is 19.8. The second-order valence-corrected chi connectivity index (χ2v) is 12.9. The molecule has 0 aliphatic carbocycles. The summed E-state index contributed by atoms with van der Waals surface area (Å²) >= 11 is -0.0176. The molecule has 0 amide bonds. The number of ether oxygens (including phenoxy) is 1. The van der Waals surface area contributed by atoms with Gasteiger partial charge in [-0.15, -0.1) is 0 Å². The molecular weight excluding hydrogens is 588 g/mol. The number of halogens is 2. The Morgan fingerprint density at radius 1 is 0.730 bits per heavy atom. The van der Waals surface area contributed by atoms with E-state index in [0.717, 1.165) is 18.8 Å². The van der Waals surface area contributed by atoms with Gasteiger partial charge in [-0.2, -0.15) is 0 Å². The van der Waals surface area contributed by atoms with Gasteiger partial charge in [-0.3, -0.25) is 0 Å². The van der Waals surface area contributed by atoms with Gasteiger partial charge < -0.3 is 24.8 Å². The van der Waals surface area contributed by atoms with Crippen LogP contribution in [0.4, 0.5) is 11.4 Å². The van der Waals surface area contributed by atoms with Crippen LogP contribution in [-0.4, -0.2) is 27.6 Å². The number of rotatable bonds is 5. The second kappa shape index (κ2) is 11.1. The molecule has 2 heterocycles. The van der Waals surface area contributed by atoms with Gasteiger partial charge in [0.05, 0.1) is 0 Å². The Kier molecular flexibility index (Phi) is 8.90. The van der Waals surface area contributed by atoms with Crippen LogP contribution in [0.1, 0.15) is 52.8 Å². The first-order valence-corrected chi connectivity index (χ1v) is 14.3. The van der Waals surface area contributed by atoms with Crippen LogP contribution >= 0.6 is 0 Å². The molecule has 1 fully saturated rings. The quantitative estimate of drug-likeness (QED) is 0.388. The maximum absolute atomic E-state index is 6.31. The van der Waals surface area contributed by atoms with Crippen molar-refractivity contribution in [1.82, 2.24) is 0 Å². The molecule has 1 spiro atoms. The summed E-state index contributed by atoms with van der Waals surface area (Å²) in [5.41, 5.74) is 12.3. The van der Waals surface area contributed by atoms with Crippen LogP contribution in [0.2, 0.25) is 0 Å². The van der Waals surface area contributed by atoms with E-state index in [1.165, 1.54) is 50.3 Å². The molecule has 37 heavy (non-hydrogen) atoms. The number of aryl methyl sites for hydroxylation is 6. The van der Waals surface area contributed by atoms with Crippen molar-refractivity contribution in [3.8, 4) is 5.75 Å². The van der Waals surface area contributed by atoms with Gasteiger partial charge in [-0.1, -0.05) is 0 Å². The van der Waals surface area contributed by atoms with Crippen molar-refractivity contribution in [3.05, 3.63) is 87.5 Å². The predicted octanol–water partition coefficient (Wildman–Crippen LogP) is 0.630. The van der Waals surface area contributed by atoms with E-state index >= 15 is 0 Å². The largest absolute Gasteiger partial charge is 1.00 e. The molecule has 0 saturated carbocycles. The molecule has 0 bridgehead atoms. The number of para-hydroxylation sites is 1. The Morgan fingerprint density at radius 3 is 1.59 bits per heavy atom. The van der Waals surface area contributed by atoms with Crippen molar-refractivity contribution in [2.24, 2.45) is 0 Å². The van der Waals surface area contributed by atoms with Gasteiger partial charge in [-0.25, -0.2) is 0 Å². The Balaban J connectivity index is 0.00000190. The maximum atomic E-state index is 6.31. The van der Waals surface area contributed by atoms with Gasteiger partial charge in [-0.05, 0) is 0 Å². The third-order valence-electron chi connectivity index (χ3n) is 6.99. The smallest absolute Gasteiger partial charge is 1.00 e. The average Bonchev–Trinajstić information content (AvgIpc) is 3.39. The minimum absolute atomic E-state index is 0. The van der Waals surface area contributed by atoms with Gasteiger partial charge in [0.2, 0.25) is 0 Å². The third-order valence-corrected chi connectivity index (χ3v) is 10.0. The molecule has 6 heteroatoms. The van der Waals surface area contributed by atoms with E-state index in [2.05, 4.69) is 114 Å². The van der Waals surface area contributed by atoms with Gasteiger partial charge in [0.25, 0.3) is 0 Å². The first-order chi connectivity index (χ1) is 16.6. The third kappa shape index (κ3) is 5.10. The fraction of sp³-hybridized carbons (Fsp3) is 0.387. The zero-order valence-corrected chi connectivity index (χ0v) is 26.3. The Morgan fingerprint density at radius 2 is 1.16 bits per heavy atom. The molecular formula is C31H37Cl2N2ORu. The molecule has 0 atom stereocenters. The van der Waals surface area contributed by atoms with Gasteiger partial charge in [0.1, 0.15) is 0 Å². The van der Waals surface area contributed by atoms with Crippen LogP contribution in [0.25, 0.3) is 0 Å². The number of anilines is 2. The summed E-state index contributed by atoms with van der Waals surface area (Å²) in [4.78, 5) is 5.46. The second-order valence-electron chi connectivity index (χ2n) is 10.4. The van der Waals surface area contributed by atoms with Crippen molar-refractivity contribution >= 4 is 15.5 Å². The van der Waals surface area contributed by atoms with Crippen molar-refractivity contribution in [2.75, 3.05) is 22.9 Å². The molecule has 1 saturated heterocycles. The molecule has 3 aromatic rings. The van der Waals surface area contributed by atoms with Crippen LogP contribution in [0, 0.1) is 41.5 Å². The maximum Gasteiger partial charge on any atom is -1.00 e. The number of hydrogen-bond acceptors (Lipinski definition) is 3. The molecule has 5 rings (SSSR count). The summed E-state index contributed by atoms with van der Waals surface area (Å²) in [7, 11) is 0. The van der Waals surface area contributed by atoms with E-state index in [1.807, 2.05) is 0 Å². The van der Waals surface area contributed by atoms with Crippen LogP contribution in [0.15, 0.2) is 48.5 Å². The molecule has 0 N–H and O–H groups in total. The summed E-state index contributed by atoms with van der Waals surface area (Å²) in [5, 5.41) is 0. The number of nitrogens with zero attached hydrogens (tertiary/aromatic N) is 2. The van der Waals surface area contributed by atoms with Gasteiger partial charge in [0.15, 0.2) is 0 Å². The summed E-state index contributed by atoms with van der Waals surface area (Å²) < 4.78 is 7.80. The molecule has 3 nitrogen and oxygen atoms in total. The van der Waals surface area contributed by atoms with E-state index in [0.29, 0.717) is 0 Å². The SMILES string of the molecule is Cc1cc(C)c(N2CCN(c3c(C)cc(C)cc3C)[C]23[Ru+2]=[C]3c2ccccc2OC(C)C)c(C)c1.[Cl-].[Cl-]. The van der Waals surface area contributed by atoms with E-state index in [1.54, 1.807) is 4.11 Å². The number of hydrogen-bond donors (Lipinski definition) is 0. The summed E-state index contributed by atoms with van der Waals surface area (Å²) in [6.07, 6.45) is 0.154. The normalized spacial score (nSPS) is 15.4. The Labute approximate surface area is 242 Å². The van der Waals surface area contributed by atoms with E-state index in [4.69, 9.17) is 4.74 Å². The number of benzene rings is 3. The van der Waals surface area contributed by atoms with Gasteiger partial charge in [0, 0.05) is 0 Å². The van der Waals surface area contributed by atoms with Crippen LogP contribution in [0.3, 0.4) is 0 Å². The summed E-state index contributed by atoms with van der Waals surface area (Å²) in [6, 6.07) is 18.0. The zero-order chi connectivity index (χ0) is 25.1. The van der Waals surface area contributed by atoms with Crippen LogP contribution in [0.5, 0.6) is 5.75 Å². The molecule has 2 aliphatic rings. The van der Waals surface area contributed by atoms with Gasteiger partial charge >= 0.3 is 219 Å². The van der Waals surface area contributed by atoms with Crippen molar-refractivity contribution < 1.29 is 46.2 Å². The fourth-order valence-corrected chi connectivity index (χ4v) is 9.03. The average molecular weight is 626 g/mol. The zero-order valence-electron chi connectivity index (χ0n) is 23.0. The predicted molar refractivity (Wildman–Crippen MR) is 145 cm³/mol. The topological polar surface area (TPSA) is 15.7 Å². The Bertz CT molecular complexity index is 1240. The minimum Gasteiger partial charge on any atom is -1.00 e. The van der Waals surface area contributed by atoms with Crippen LogP contribution < -0.4 is 39.4 Å². The Hall–Kier alpha value is -1.87. The standard InChI is InChI=1S/C31H37N2O.2ClH.Ru/c1-20(2)34-28-12-10-9-11-27(28)19-29-32(30-23(5)15-21(3)16-24(30)6)13-14-33(29)31-25(7)17-22(4)18-26(31)8;;;/h9-12,15-18,20H,13-14H2,1-8H3;2*1H;/q;;;+2/p-2. The van der Waals surface area contributed by atoms with Crippen molar-refractivity contribution in [3.63, 3.8) is 0 Å². The van der Waals surface area contributed by atoms with E-state index in [9.17, 15) is 0 Å². The van der Waals surface area contributed by atoms with Crippen molar-refractivity contribution in [1.29, 1.82) is 0 Å².